The summed E-state index contributed by atoms with van der Waals surface area (Å²) in [5, 5.41) is 89.9. The smallest absolute Gasteiger partial charge is 0.407 e. The van der Waals surface area contributed by atoms with Crippen molar-refractivity contribution in [1.29, 1.82) is 0 Å². The number of aliphatic hydroxyl groups excluding tert-OH is 7. The van der Waals surface area contributed by atoms with E-state index in [2.05, 4.69) is 21.3 Å². The van der Waals surface area contributed by atoms with Crippen molar-refractivity contribution in [3.05, 3.63) is 144 Å². The summed E-state index contributed by atoms with van der Waals surface area (Å²) in [6.45, 7) is -0.150. The number of hydrogen-bond acceptors (Lipinski definition) is 23. The van der Waals surface area contributed by atoms with Gasteiger partial charge in [-0.25, -0.2) is 19.2 Å². The van der Waals surface area contributed by atoms with E-state index in [0.717, 1.165) is 11.1 Å². The summed E-state index contributed by atoms with van der Waals surface area (Å²) in [6.07, 6.45) is -25.4. The number of amides is 4. The van der Waals surface area contributed by atoms with Crippen molar-refractivity contribution in [2.45, 2.75) is 190 Å². The van der Waals surface area contributed by atoms with Crippen molar-refractivity contribution in [2.75, 3.05) is 26.3 Å². The molecular formula is C65H86N4O23. The zero-order chi connectivity index (χ0) is 64.4. The first-order valence-corrected chi connectivity index (χ1v) is 30.6. The van der Waals surface area contributed by atoms with Crippen LogP contribution in [0.25, 0.3) is 0 Å². The van der Waals surface area contributed by atoms with Gasteiger partial charge in [0.15, 0.2) is 24.7 Å². The Balaban J connectivity index is 0.0000109. The molecule has 4 aromatic carbocycles. The molecular weight excluding hydrogens is 1200 g/mol. The lowest BCUT2D eigenvalue weighted by Gasteiger charge is -2.47. The molecule has 5 aliphatic rings. The minimum atomic E-state index is -1.91. The Morgan fingerprint density at radius 1 is 0.522 bits per heavy atom. The molecule has 4 aliphatic heterocycles. The second-order valence-electron chi connectivity index (χ2n) is 23.2. The first-order valence-electron chi connectivity index (χ1n) is 30.6. The SMILES string of the molecule is C.C[C@H]1C[C@@H](CC(=O)[C@@H](O)CCNC(=O)OCc2ccccc2)[C@H](O)[C@@H](O[C@@H]2O[C@H](CO)[C@@H](O[C@H]3O[C@@H](CNC(=O)OCc4ccccc4)[C@@H](O)[C@H](O)[C@H]3NC(=O)OCc3ccccc3)[C@H]2O)[C@@H]1O[C@H]1O[C@H](CCCCO)[C@@H]2O[C@@H]2[C@H]1NC(=O)OCc1ccccc1. The number of fused-ring (bicyclic) bond motifs is 1. The molecule has 20 atom stereocenters. The zero-order valence-electron chi connectivity index (χ0n) is 50.2. The van der Waals surface area contributed by atoms with Gasteiger partial charge in [0.25, 0.3) is 0 Å². The molecule has 0 aromatic heterocycles. The van der Waals surface area contributed by atoms with Gasteiger partial charge in [0.05, 0.1) is 24.9 Å². The Morgan fingerprint density at radius 2 is 1.00 bits per heavy atom. The van der Waals surface area contributed by atoms with E-state index in [-0.39, 0.29) is 59.8 Å². The summed E-state index contributed by atoms with van der Waals surface area (Å²) in [7, 11) is 0. The second kappa shape index (κ2) is 34.8. The number of benzene rings is 4. The van der Waals surface area contributed by atoms with E-state index in [1.165, 1.54) is 0 Å². The fourth-order valence-electron chi connectivity index (χ4n) is 11.6. The first-order chi connectivity index (χ1) is 44.1. The van der Waals surface area contributed by atoms with Gasteiger partial charge >= 0.3 is 24.4 Å². The number of carbonyl (C=O) groups is 5. The highest BCUT2D eigenvalue weighted by Gasteiger charge is 2.61. The maximum atomic E-state index is 13.9. The monoisotopic (exact) mass is 1290 g/mol. The second-order valence-corrected chi connectivity index (χ2v) is 23.2. The summed E-state index contributed by atoms with van der Waals surface area (Å²) in [4.78, 5) is 66.2. The Kier molecular flexibility index (Phi) is 26.8. The van der Waals surface area contributed by atoms with E-state index in [9.17, 15) is 59.7 Å². The number of ether oxygens (including phenoxy) is 11. The van der Waals surface area contributed by atoms with Crippen molar-refractivity contribution in [3.63, 3.8) is 0 Å². The maximum absolute atomic E-state index is 13.9. The molecule has 1 saturated carbocycles. The molecule has 0 unspecified atom stereocenters. The number of alkyl carbamates (subject to hydrolysis) is 4. The van der Waals surface area contributed by atoms with Crippen molar-refractivity contribution >= 4 is 30.2 Å². The average molecular weight is 1290 g/mol. The minimum absolute atomic E-state index is 0. The Hall–Kier alpha value is -6.93. The van der Waals surface area contributed by atoms with Crippen LogP contribution in [0.15, 0.2) is 121 Å². The number of hydrogen-bond donors (Lipinski definition) is 11. The number of ketones is 1. The van der Waals surface area contributed by atoms with Crippen LogP contribution in [-0.2, 0) is 83.3 Å². The lowest BCUT2D eigenvalue weighted by Crippen LogP contribution is -2.66. The predicted molar refractivity (Wildman–Crippen MR) is 322 cm³/mol. The van der Waals surface area contributed by atoms with E-state index in [1.54, 1.807) is 116 Å². The summed E-state index contributed by atoms with van der Waals surface area (Å²) < 4.78 is 66.4. The van der Waals surface area contributed by atoms with Crippen molar-refractivity contribution in [1.82, 2.24) is 21.3 Å². The van der Waals surface area contributed by atoms with Crippen LogP contribution in [0.5, 0.6) is 0 Å². The van der Waals surface area contributed by atoms with Crippen LogP contribution in [0.3, 0.4) is 0 Å². The average Bonchev–Trinajstić information content (AvgIpc) is 1.57. The number of Topliss-reactive ketones (excluding diaryl/α,β-unsaturated/α-hetero) is 1. The van der Waals surface area contributed by atoms with E-state index >= 15 is 0 Å². The third-order valence-corrected chi connectivity index (χ3v) is 16.6. The Bertz CT molecular complexity index is 2910. The molecule has 1 aliphatic carbocycles. The summed E-state index contributed by atoms with van der Waals surface area (Å²) in [5.41, 5.74) is 2.78. The fourth-order valence-corrected chi connectivity index (χ4v) is 11.6. The van der Waals surface area contributed by atoms with Crippen LogP contribution < -0.4 is 21.3 Å². The largest absolute Gasteiger partial charge is 0.445 e. The topological polar surface area (TPSA) is 380 Å². The van der Waals surface area contributed by atoms with E-state index in [4.69, 9.17) is 52.1 Å². The fraction of sp³-hybridized carbons (Fsp3) is 0.554. The molecule has 5 fully saturated rings. The molecule has 27 heteroatoms. The van der Waals surface area contributed by atoms with Gasteiger partial charge in [-0.2, -0.15) is 0 Å². The molecule has 4 aromatic rings. The number of epoxide rings is 1. The number of unbranched alkanes of at least 4 members (excludes halogenated alkanes) is 1. The lowest BCUT2D eigenvalue weighted by molar-refractivity contribution is -0.297. The number of carbonyl (C=O) groups excluding carboxylic acids is 5. The molecule has 0 spiro atoms. The zero-order valence-corrected chi connectivity index (χ0v) is 50.2. The van der Waals surface area contributed by atoms with Gasteiger partial charge in [0.1, 0.15) is 99.6 Å². The van der Waals surface area contributed by atoms with Crippen LogP contribution in [0.1, 0.15) is 75.1 Å². The van der Waals surface area contributed by atoms with Gasteiger partial charge in [-0.15, -0.1) is 0 Å². The molecule has 504 valence electrons. The van der Waals surface area contributed by atoms with Crippen LogP contribution in [0.4, 0.5) is 19.2 Å². The van der Waals surface area contributed by atoms with Crippen LogP contribution >= 0.6 is 0 Å². The number of rotatable bonds is 29. The summed E-state index contributed by atoms with van der Waals surface area (Å²) >= 11 is 0. The first kappa shape index (κ1) is 70.9. The third-order valence-electron chi connectivity index (χ3n) is 16.6. The highest BCUT2D eigenvalue weighted by Crippen LogP contribution is 2.44. The highest BCUT2D eigenvalue weighted by molar-refractivity contribution is 5.83. The highest BCUT2D eigenvalue weighted by atomic mass is 16.8. The maximum Gasteiger partial charge on any atom is 0.407 e. The number of aliphatic hydroxyl groups is 7. The quantitative estimate of drug-likeness (QED) is 0.0211. The van der Waals surface area contributed by atoms with Gasteiger partial charge in [-0.1, -0.05) is 136 Å². The summed E-state index contributed by atoms with van der Waals surface area (Å²) in [6, 6.07) is 32.8. The molecule has 11 N–H and O–H groups in total. The van der Waals surface area contributed by atoms with E-state index < -0.39 is 172 Å². The number of nitrogens with one attached hydrogen (secondary N) is 4. The molecule has 27 nitrogen and oxygen atoms in total. The van der Waals surface area contributed by atoms with Crippen LogP contribution in [0, 0.1) is 11.8 Å². The van der Waals surface area contributed by atoms with Gasteiger partial charge < -0.3 is 109 Å². The third kappa shape index (κ3) is 19.6. The Labute approximate surface area is 532 Å². The van der Waals surface area contributed by atoms with E-state index in [1.807, 2.05) is 12.1 Å². The van der Waals surface area contributed by atoms with Crippen molar-refractivity contribution < 1.29 is 112 Å². The summed E-state index contributed by atoms with van der Waals surface area (Å²) in [5.74, 6) is -2.29. The standard InChI is InChI=1S/C64H82N4O23.CH4/c1-36-28-41(29-43(72)42(71)25-26-65-61(77)81-32-37-16-6-2-7-17-37)49(73)57(53(36)89-59-48(56-55(88-56)44(85-59)24-14-15-27-69)68-64(80)84-35-40-22-12-5-13-23-40)91-60-52(76)54(46(31-70)87-60)90-58-47(67-63(79)83-34-39-20-10-4-11-21-39)51(75)50(74)45(86-58)30-66-62(78)82-33-38-18-8-3-9-19-38;/h2-13,16-23,36,41-42,44-60,69-71,73-76H,14-15,24-35H2,1H3,(H,65,77)(H,66,78)(H,67,79)(H,68,80);1H4/t36-,41-,42-,44+,45-,46+,47+,48+,49-,50+,51+,52+,53+,54+,55-,56+,57+,58+,59+,60-;/m0./s1. The minimum Gasteiger partial charge on any atom is -0.445 e. The Morgan fingerprint density at radius 3 is 1.54 bits per heavy atom. The lowest BCUT2D eigenvalue weighted by atomic mass is 9.74. The van der Waals surface area contributed by atoms with Crippen molar-refractivity contribution in [3.8, 4) is 0 Å². The molecule has 4 amide bonds. The van der Waals surface area contributed by atoms with Crippen LogP contribution in [0.2, 0.25) is 0 Å². The van der Waals surface area contributed by atoms with Gasteiger partial charge in [0.2, 0.25) is 0 Å². The van der Waals surface area contributed by atoms with E-state index in [0.29, 0.717) is 30.4 Å². The van der Waals surface area contributed by atoms with Gasteiger partial charge in [-0.05, 0) is 66.2 Å². The van der Waals surface area contributed by atoms with Crippen LogP contribution in [-0.4, -0.2) is 203 Å². The molecule has 92 heavy (non-hydrogen) atoms. The molecule has 4 saturated heterocycles. The molecule has 0 radical (unpaired) electrons. The van der Waals surface area contributed by atoms with Gasteiger partial charge in [0, 0.05) is 26.1 Å². The normalized spacial score (nSPS) is 30.8. The molecule has 9 rings (SSSR count). The molecule has 0 bridgehead atoms. The predicted octanol–water partition coefficient (Wildman–Crippen LogP) is 3.13. The van der Waals surface area contributed by atoms with Gasteiger partial charge in [-0.3, -0.25) is 4.79 Å². The van der Waals surface area contributed by atoms with Crippen molar-refractivity contribution in [2.24, 2.45) is 11.8 Å². The molecule has 4 heterocycles.